The van der Waals surface area contributed by atoms with Crippen LogP contribution in [0.3, 0.4) is 0 Å². The summed E-state index contributed by atoms with van der Waals surface area (Å²) in [6, 6.07) is 1.94. The average molecular weight is 298 g/mol. The fourth-order valence-corrected chi connectivity index (χ4v) is 2.29. The van der Waals surface area contributed by atoms with E-state index in [1.807, 2.05) is 13.8 Å². The van der Waals surface area contributed by atoms with Gasteiger partial charge in [0.2, 0.25) is 0 Å². The van der Waals surface area contributed by atoms with Crippen molar-refractivity contribution in [2.75, 3.05) is 16.8 Å². The molecule has 1 aromatic rings. The van der Waals surface area contributed by atoms with Crippen LogP contribution in [0.4, 0.5) is 25.0 Å². The highest BCUT2D eigenvalue weighted by molar-refractivity contribution is 5.94. The highest BCUT2D eigenvalue weighted by Crippen LogP contribution is 2.38. The van der Waals surface area contributed by atoms with Crippen LogP contribution >= 0.6 is 0 Å². The number of ether oxygens (including phenoxy) is 1. The molecule has 0 saturated carbocycles. The monoisotopic (exact) mass is 298 g/mol. The van der Waals surface area contributed by atoms with E-state index in [2.05, 4.69) is 5.32 Å². The molecule has 0 spiro atoms. The van der Waals surface area contributed by atoms with Crippen molar-refractivity contribution < 1.29 is 18.3 Å². The number of rotatable bonds is 0. The Morgan fingerprint density at radius 2 is 1.95 bits per heavy atom. The van der Waals surface area contributed by atoms with Crippen LogP contribution in [-0.2, 0) is 4.74 Å². The number of benzene rings is 1. The molecule has 0 unspecified atom stereocenters. The molecule has 1 aliphatic heterocycles. The minimum absolute atomic E-state index is 0.0185. The average Bonchev–Trinajstić information content (AvgIpc) is 2.22. The van der Waals surface area contributed by atoms with E-state index in [4.69, 9.17) is 4.74 Å². The normalized spacial score (nSPS) is 17.0. The van der Waals surface area contributed by atoms with Crippen molar-refractivity contribution in [1.29, 1.82) is 0 Å². The zero-order chi connectivity index (χ0) is 16.0. The molecule has 1 amide bonds. The van der Waals surface area contributed by atoms with Crippen LogP contribution < -0.4 is 10.2 Å². The predicted molar refractivity (Wildman–Crippen MR) is 77.6 cm³/mol. The van der Waals surface area contributed by atoms with Gasteiger partial charge in [-0.05, 0) is 40.7 Å². The molecule has 0 saturated heterocycles. The van der Waals surface area contributed by atoms with E-state index in [1.165, 1.54) is 11.0 Å². The van der Waals surface area contributed by atoms with Gasteiger partial charge in [-0.15, -0.1) is 0 Å². The van der Waals surface area contributed by atoms with E-state index in [1.54, 1.807) is 20.8 Å². The van der Waals surface area contributed by atoms with Crippen LogP contribution in [0.5, 0.6) is 0 Å². The molecule has 2 rings (SSSR count). The second-order valence-electron chi connectivity index (χ2n) is 6.86. The van der Waals surface area contributed by atoms with Crippen molar-refractivity contribution in [1.82, 2.24) is 0 Å². The molecule has 116 valence electrons. The molecule has 21 heavy (non-hydrogen) atoms. The van der Waals surface area contributed by atoms with Gasteiger partial charge in [0.05, 0.1) is 12.2 Å². The Hall–Kier alpha value is -1.85. The maximum atomic E-state index is 14.1. The molecule has 0 atom stereocenters. The number of carbonyl (C=O) groups is 1. The van der Waals surface area contributed by atoms with E-state index in [0.717, 1.165) is 6.07 Å². The van der Waals surface area contributed by atoms with E-state index in [9.17, 15) is 13.6 Å². The van der Waals surface area contributed by atoms with Gasteiger partial charge in [0, 0.05) is 11.6 Å². The summed E-state index contributed by atoms with van der Waals surface area (Å²) >= 11 is 0. The molecule has 1 N–H and O–H groups in total. The zero-order valence-electron chi connectivity index (χ0n) is 12.9. The van der Waals surface area contributed by atoms with Crippen molar-refractivity contribution in [3.63, 3.8) is 0 Å². The highest BCUT2D eigenvalue weighted by atomic mass is 19.1. The van der Waals surface area contributed by atoms with Crippen LogP contribution in [0.1, 0.15) is 34.6 Å². The predicted octanol–water partition coefficient (Wildman–Crippen LogP) is 3.91. The topological polar surface area (TPSA) is 41.6 Å². The van der Waals surface area contributed by atoms with Gasteiger partial charge in [-0.3, -0.25) is 4.90 Å². The van der Waals surface area contributed by atoms with Gasteiger partial charge in [-0.25, -0.2) is 13.6 Å². The number of fused-ring (bicyclic) bond motifs is 1. The molecular formula is C15H20F2N2O2. The first-order chi connectivity index (χ1) is 9.48. The lowest BCUT2D eigenvalue weighted by Crippen LogP contribution is -2.52. The Kier molecular flexibility index (Phi) is 3.59. The molecule has 4 nitrogen and oxygen atoms in total. The lowest BCUT2D eigenvalue weighted by atomic mass is 9.99. The number of halogens is 2. The van der Waals surface area contributed by atoms with Gasteiger partial charge in [0.25, 0.3) is 0 Å². The number of carbonyl (C=O) groups excluding carboxylic acids is 1. The Morgan fingerprint density at radius 1 is 1.33 bits per heavy atom. The van der Waals surface area contributed by atoms with Crippen LogP contribution in [0.2, 0.25) is 0 Å². The third-order valence-corrected chi connectivity index (χ3v) is 2.94. The number of anilines is 2. The quantitative estimate of drug-likeness (QED) is 0.789. The van der Waals surface area contributed by atoms with Crippen molar-refractivity contribution >= 4 is 17.5 Å². The second kappa shape index (κ2) is 4.86. The first-order valence-electron chi connectivity index (χ1n) is 6.76. The molecule has 1 heterocycles. The molecule has 0 aromatic heterocycles. The Morgan fingerprint density at radius 3 is 2.52 bits per heavy atom. The number of nitrogens with zero attached hydrogens (tertiary/aromatic N) is 1. The number of hydrogen-bond donors (Lipinski definition) is 1. The zero-order valence-corrected chi connectivity index (χ0v) is 12.9. The summed E-state index contributed by atoms with van der Waals surface area (Å²) in [7, 11) is 0. The summed E-state index contributed by atoms with van der Waals surface area (Å²) in [5.41, 5.74) is -0.952. The molecular weight excluding hydrogens is 278 g/mol. The summed E-state index contributed by atoms with van der Waals surface area (Å²) < 4.78 is 32.8. The molecule has 1 aliphatic rings. The maximum Gasteiger partial charge on any atom is 0.415 e. The third kappa shape index (κ3) is 3.43. The van der Waals surface area contributed by atoms with E-state index >= 15 is 0 Å². The first kappa shape index (κ1) is 15.5. The molecule has 0 fully saturated rings. The Labute approximate surface area is 123 Å². The number of hydrogen-bond acceptors (Lipinski definition) is 3. The van der Waals surface area contributed by atoms with Gasteiger partial charge < -0.3 is 10.1 Å². The smallest absolute Gasteiger partial charge is 0.415 e. The van der Waals surface area contributed by atoms with Gasteiger partial charge in [0.1, 0.15) is 17.1 Å². The standard InChI is InChI=1S/C15H20F2N2O2/c1-14(2,3)21-13(20)19-8-15(4,5)18-11-7-9(16)6-10(17)12(11)19/h6-7,18H,8H2,1-5H3. The van der Waals surface area contributed by atoms with Crippen molar-refractivity contribution in [3.05, 3.63) is 23.8 Å². The largest absolute Gasteiger partial charge is 0.443 e. The van der Waals surface area contributed by atoms with Gasteiger partial charge >= 0.3 is 6.09 Å². The fourth-order valence-electron chi connectivity index (χ4n) is 2.29. The summed E-state index contributed by atoms with van der Waals surface area (Å²) in [4.78, 5) is 13.5. The van der Waals surface area contributed by atoms with Gasteiger partial charge in [-0.2, -0.15) is 0 Å². The van der Waals surface area contributed by atoms with Crippen LogP contribution in [0, 0.1) is 11.6 Å². The van der Waals surface area contributed by atoms with Crippen LogP contribution in [0.25, 0.3) is 0 Å². The van der Waals surface area contributed by atoms with E-state index in [0.29, 0.717) is 0 Å². The van der Waals surface area contributed by atoms with E-state index in [-0.39, 0.29) is 17.9 Å². The summed E-state index contributed by atoms with van der Waals surface area (Å²) in [6.45, 7) is 9.12. The molecule has 0 aliphatic carbocycles. The fraction of sp³-hybridized carbons (Fsp3) is 0.533. The molecule has 0 radical (unpaired) electrons. The maximum absolute atomic E-state index is 14.1. The third-order valence-electron chi connectivity index (χ3n) is 2.94. The van der Waals surface area contributed by atoms with Crippen molar-refractivity contribution in [3.8, 4) is 0 Å². The lowest BCUT2D eigenvalue weighted by Gasteiger charge is -2.41. The highest BCUT2D eigenvalue weighted by Gasteiger charge is 2.37. The molecule has 6 heteroatoms. The lowest BCUT2D eigenvalue weighted by molar-refractivity contribution is 0.0572. The van der Waals surface area contributed by atoms with E-state index < -0.39 is 28.9 Å². The summed E-state index contributed by atoms with van der Waals surface area (Å²) in [5, 5.41) is 3.04. The first-order valence-corrected chi connectivity index (χ1v) is 6.76. The van der Waals surface area contributed by atoms with Crippen molar-refractivity contribution in [2.24, 2.45) is 0 Å². The molecule has 0 bridgehead atoms. The molecule has 1 aromatic carbocycles. The SMILES string of the molecule is CC1(C)CN(C(=O)OC(C)(C)C)c2c(F)cc(F)cc2N1. The van der Waals surface area contributed by atoms with Crippen LogP contribution in [0.15, 0.2) is 12.1 Å². The van der Waals surface area contributed by atoms with Gasteiger partial charge in [-0.1, -0.05) is 0 Å². The van der Waals surface area contributed by atoms with Crippen LogP contribution in [-0.4, -0.2) is 23.8 Å². The minimum Gasteiger partial charge on any atom is -0.443 e. The Balaban J connectivity index is 2.46. The Bertz CT molecular complexity index is 580. The minimum atomic E-state index is -0.793. The summed E-state index contributed by atoms with van der Waals surface area (Å²) in [5.74, 6) is -1.49. The number of nitrogens with one attached hydrogen (secondary N) is 1. The number of amides is 1. The van der Waals surface area contributed by atoms with Crippen molar-refractivity contribution in [2.45, 2.75) is 45.8 Å². The van der Waals surface area contributed by atoms with Gasteiger partial charge in [0.15, 0.2) is 5.82 Å². The second-order valence-corrected chi connectivity index (χ2v) is 6.86. The summed E-state index contributed by atoms with van der Waals surface area (Å²) in [6.07, 6.45) is -0.649.